The highest BCUT2D eigenvalue weighted by Crippen LogP contribution is 2.24. The number of rotatable bonds is 35. The van der Waals surface area contributed by atoms with E-state index in [9.17, 15) is 47.9 Å². The Morgan fingerprint density at radius 1 is 0.612 bits per heavy atom. The van der Waals surface area contributed by atoms with Crippen LogP contribution >= 0.6 is 0 Å². The number of carbonyl (C=O) groups is 10. The Bertz CT molecular complexity index is 2600. The third-order valence-electron chi connectivity index (χ3n) is 14.8. The smallest absolute Gasteiger partial charge is 0.254 e. The first-order chi connectivity index (χ1) is 39.7. The van der Waals surface area contributed by atoms with Gasteiger partial charge in [-0.15, -0.1) is 0 Å². The predicted molar refractivity (Wildman–Crippen MR) is 330 cm³/mol. The van der Waals surface area contributed by atoms with E-state index in [2.05, 4.69) is 59.8 Å². The average molecular weight is 1190 g/mol. The molecule has 22 heteroatoms. The fourth-order valence-corrected chi connectivity index (χ4v) is 10.2. The number of carbonyl (C=O) groups excluding carboxylic acids is 10. The number of hydrogen-bond donors (Lipinski definition) is 9. The molecule has 1 aliphatic rings. The van der Waals surface area contributed by atoms with E-state index < -0.39 is 94.1 Å². The van der Waals surface area contributed by atoms with Crippen molar-refractivity contribution in [3.63, 3.8) is 0 Å². The number of likely N-dealkylation sites (tertiary alicyclic amines) is 1. The zero-order valence-corrected chi connectivity index (χ0v) is 53.9. The van der Waals surface area contributed by atoms with Crippen LogP contribution in [0.2, 0.25) is 0 Å². The largest absolute Gasteiger partial charge is 0.354 e. The third-order valence-corrected chi connectivity index (χ3v) is 14.8. The second kappa shape index (κ2) is 33.8. The molecule has 5 unspecified atom stereocenters. The van der Waals surface area contributed by atoms with Crippen molar-refractivity contribution in [1.29, 1.82) is 0 Å². The van der Waals surface area contributed by atoms with Crippen LogP contribution in [0.15, 0.2) is 36.5 Å². The Kier molecular flexibility index (Phi) is 28.9. The van der Waals surface area contributed by atoms with Gasteiger partial charge in [-0.2, -0.15) is 0 Å². The van der Waals surface area contributed by atoms with E-state index in [0.29, 0.717) is 43.4 Å². The summed E-state index contributed by atoms with van der Waals surface area (Å²) in [7, 11) is 3.79. The minimum atomic E-state index is -1.64. The molecule has 1 aromatic heterocycles. The molecule has 6 atom stereocenters. The van der Waals surface area contributed by atoms with Crippen molar-refractivity contribution in [2.75, 3.05) is 33.7 Å². The normalized spacial score (nSPS) is 15.6. The topological polar surface area (TPSA) is 298 Å². The van der Waals surface area contributed by atoms with Gasteiger partial charge in [0.1, 0.15) is 46.8 Å². The number of amides is 10. The molecule has 10 amide bonds. The molecular weight excluding hydrogens is 1080 g/mol. The molecule has 85 heavy (non-hydrogen) atoms. The van der Waals surface area contributed by atoms with Crippen LogP contribution in [0.5, 0.6) is 0 Å². The van der Waals surface area contributed by atoms with Crippen molar-refractivity contribution >= 4 is 70.0 Å². The van der Waals surface area contributed by atoms with Crippen molar-refractivity contribution in [1.82, 2.24) is 62.6 Å². The van der Waals surface area contributed by atoms with Gasteiger partial charge < -0.3 is 57.7 Å². The lowest BCUT2D eigenvalue weighted by atomic mass is 9.96. The summed E-state index contributed by atoms with van der Waals surface area (Å²) in [4.78, 5) is 147. The summed E-state index contributed by atoms with van der Waals surface area (Å²) < 4.78 is 0. The zero-order chi connectivity index (χ0) is 64.0. The molecule has 2 heterocycles. The van der Waals surface area contributed by atoms with Crippen molar-refractivity contribution in [3.8, 4) is 0 Å². The summed E-state index contributed by atoms with van der Waals surface area (Å²) >= 11 is 0. The van der Waals surface area contributed by atoms with Gasteiger partial charge in [0.25, 0.3) is 5.91 Å². The minimum Gasteiger partial charge on any atom is -0.354 e. The number of hydrogen-bond acceptors (Lipinski definition) is 12. The second-order valence-corrected chi connectivity index (χ2v) is 26.3. The summed E-state index contributed by atoms with van der Waals surface area (Å²) in [5.74, 6) is -5.91. The van der Waals surface area contributed by atoms with Gasteiger partial charge in [-0.1, -0.05) is 99.1 Å². The molecule has 1 aliphatic heterocycles. The Morgan fingerprint density at radius 2 is 1.14 bits per heavy atom. The van der Waals surface area contributed by atoms with E-state index in [4.69, 9.17) is 0 Å². The first-order valence-corrected chi connectivity index (χ1v) is 30.7. The summed E-state index contributed by atoms with van der Waals surface area (Å²) in [6, 6.07) is 3.54. The Balaban J connectivity index is 1.75. The second-order valence-electron chi connectivity index (χ2n) is 26.3. The van der Waals surface area contributed by atoms with Gasteiger partial charge in [0.05, 0.1) is 5.52 Å². The van der Waals surface area contributed by atoms with Crippen molar-refractivity contribution in [3.05, 3.63) is 42.1 Å². The van der Waals surface area contributed by atoms with Gasteiger partial charge in [0.15, 0.2) is 0 Å². The summed E-state index contributed by atoms with van der Waals surface area (Å²) in [5, 5.41) is 26.1. The number of aromatic nitrogens is 1. The van der Waals surface area contributed by atoms with Gasteiger partial charge in [0.2, 0.25) is 53.2 Å². The lowest BCUT2D eigenvalue weighted by Gasteiger charge is -2.34. The SMILES string of the molecule is CCCCCCCCC(NC(=O)[C@@H]1CCCN1C(=O)c1ccc2cccnc2c1)C(=O)NC(CC(C)C)C(=O)NC(C)(C)C(=O)NC(CC(C)C)C(=O)NC(CC(C)C)C(=O)NC(C)(C)C(=O)NC(C)(C)C(=O)NCCC(=O)NC(C)CN(C)C. The van der Waals surface area contributed by atoms with Crippen LogP contribution in [0.1, 0.15) is 191 Å². The number of benzene rings is 1. The van der Waals surface area contributed by atoms with Crippen LogP contribution in [-0.4, -0.2) is 160 Å². The molecule has 1 saturated heterocycles. The van der Waals surface area contributed by atoms with E-state index in [1.165, 1.54) is 46.4 Å². The van der Waals surface area contributed by atoms with Crippen molar-refractivity contribution in [2.45, 2.75) is 233 Å². The number of unbranched alkanes of at least 4 members (excludes halogenated alkanes) is 5. The minimum absolute atomic E-state index is 0.0269. The number of nitrogens with one attached hydrogen (secondary N) is 9. The molecule has 0 spiro atoms. The highest BCUT2D eigenvalue weighted by molar-refractivity contribution is 6.02. The first-order valence-electron chi connectivity index (χ1n) is 30.7. The van der Waals surface area contributed by atoms with Crippen LogP contribution in [0.3, 0.4) is 0 Å². The maximum atomic E-state index is 14.4. The number of nitrogens with zero attached hydrogens (tertiary/aromatic N) is 3. The summed E-state index contributed by atoms with van der Waals surface area (Å²) in [6.45, 7) is 25.1. The lowest BCUT2D eigenvalue weighted by Crippen LogP contribution is -2.65. The third kappa shape index (κ3) is 24.3. The van der Waals surface area contributed by atoms with Crippen LogP contribution in [-0.2, 0) is 43.2 Å². The van der Waals surface area contributed by atoms with Crippen LogP contribution in [0.4, 0.5) is 0 Å². The molecule has 1 aromatic carbocycles. The van der Waals surface area contributed by atoms with Gasteiger partial charge in [0, 0.05) is 49.2 Å². The molecule has 0 saturated carbocycles. The standard InChI is InChI=1S/C63H104N12O10/c1-17-18-19-20-21-22-26-45(67-56(81)50-27-24-33-75(50)57(82)44-29-28-43-25-23-31-64-46(43)37-44)52(77)68-48(35-40(4)5)54(79)71-62(11,12)59(84)70-47(34-39(2)3)53(78)69-49(36-41(6)7)55(80)72-63(13,14)60(85)73-61(9,10)58(83)65-32-30-51(76)66-42(8)38-74(15)16/h23,25,28-29,31,37,39-42,45,47-50H,17-22,24,26-27,30,32-36,38H2,1-16H3,(H,65,83)(H,66,76)(H,67,81)(H,68,77)(H,69,78)(H,70,84)(H,71,79)(H,72,80)(H,73,85)/t42?,45?,47?,48?,49?,50-/m0/s1. The fourth-order valence-electron chi connectivity index (χ4n) is 10.2. The van der Waals surface area contributed by atoms with Crippen LogP contribution in [0, 0.1) is 17.8 Å². The fraction of sp³-hybridized carbons (Fsp3) is 0.698. The predicted octanol–water partition coefficient (Wildman–Crippen LogP) is 4.92. The number of pyridine rings is 1. The van der Waals surface area contributed by atoms with E-state index in [0.717, 1.165) is 37.5 Å². The Morgan fingerprint density at radius 3 is 1.71 bits per heavy atom. The molecule has 22 nitrogen and oxygen atoms in total. The molecule has 0 radical (unpaired) electrons. The molecule has 476 valence electrons. The van der Waals surface area contributed by atoms with Gasteiger partial charge >= 0.3 is 0 Å². The first kappa shape index (κ1) is 72.5. The Labute approximate surface area is 505 Å². The van der Waals surface area contributed by atoms with Crippen LogP contribution in [0.25, 0.3) is 10.9 Å². The highest BCUT2D eigenvalue weighted by atomic mass is 16.2. The van der Waals surface area contributed by atoms with E-state index in [1.807, 2.05) is 85.7 Å². The van der Waals surface area contributed by atoms with Crippen molar-refractivity contribution < 1.29 is 47.9 Å². The molecular formula is C63H104N12O10. The molecule has 9 N–H and O–H groups in total. The van der Waals surface area contributed by atoms with E-state index in [1.54, 1.807) is 18.3 Å². The molecule has 2 aromatic rings. The van der Waals surface area contributed by atoms with E-state index >= 15 is 0 Å². The summed E-state index contributed by atoms with van der Waals surface area (Å²) in [5.41, 5.74) is -3.63. The lowest BCUT2D eigenvalue weighted by molar-refractivity contribution is -0.139. The molecule has 1 fully saturated rings. The van der Waals surface area contributed by atoms with Crippen molar-refractivity contribution in [2.24, 2.45) is 17.8 Å². The zero-order valence-electron chi connectivity index (χ0n) is 53.9. The van der Waals surface area contributed by atoms with Gasteiger partial charge in [-0.25, -0.2) is 0 Å². The number of likely N-dealkylation sites (N-methyl/N-ethyl adjacent to an activating group) is 1. The number of fused-ring (bicyclic) bond motifs is 1. The average Bonchev–Trinajstić information content (AvgIpc) is 4.20. The maximum Gasteiger partial charge on any atom is 0.254 e. The molecule has 3 rings (SSSR count). The molecule has 0 bridgehead atoms. The monoisotopic (exact) mass is 1190 g/mol. The maximum absolute atomic E-state index is 14.4. The highest BCUT2D eigenvalue weighted by Gasteiger charge is 2.41. The van der Waals surface area contributed by atoms with Gasteiger partial charge in [-0.3, -0.25) is 52.9 Å². The summed E-state index contributed by atoms with van der Waals surface area (Å²) in [6.07, 6.45) is 9.04. The van der Waals surface area contributed by atoms with Crippen LogP contribution < -0.4 is 47.9 Å². The van der Waals surface area contributed by atoms with E-state index in [-0.39, 0.29) is 74.3 Å². The molecule has 0 aliphatic carbocycles. The van der Waals surface area contributed by atoms with Gasteiger partial charge in [-0.05, 0) is 137 Å². The quantitative estimate of drug-likeness (QED) is 0.0416. The Hall–Kier alpha value is -6.71.